The summed E-state index contributed by atoms with van der Waals surface area (Å²) in [5, 5.41) is 10.6. The second kappa shape index (κ2) is 5.40. The molecule has 4 N–H and O–H groups in total. The Morgan fingerprint density at radius 2 is 2.32 bits per heavy atom. The number of carbonyl (C=O) groups is 1. The minimum Gasteiger partial charge on any atom is -0.395 e. The molecule has 0 radical (unpaired) electrons. The Bertz CT molecular complexity index is 587. The third-order valence-electron chi connectivity index (χ3n) is 2.72. The van der Waals surface area contributed by atoms with E-state index in [-0.39, 0.29) is 17.5 Å². The van der Waals surface area contributed by atoms with Gasteiger partial charge in [-0.25, -0.2) is 4.98 Å². The van der Waals surface area contributed by atoms with Crippen LogP contribution in [0.25, 0.3) is 0 Å². The van der Waals surface area contributed by atoms with Crippen molar-refractivity contribution < 1.29 is 4.79 Å². The Morgan fingerprint density at radius 3 is 2.84 bits per heavy atom. The summed E-state index contributed by atoms with van der Waals surface area (Å²) in [7, 11) is 0. The van der Waals surface area contributed by atoms with Crippen LogP contribution < -0.4 is 11.1 Å². The van der Waals surface area contributed by atoms with Gasteiger partial charge in [-0.15, -0.1) is 11.3 Å². The van der Waals surface area contributed by atoms with E-state index < -0.39 is 0 Å². The lowest BCUT2D eigenvalue weighted by Gasteiger charge is -2.03. The van der Waals surface area contributed by atoms with Crippen molar-refractivity contribution in [2.75, 3.05) is 5.73 Å². The quantitative estimate of drug-likeness (QED) is 0.795. The molecule has 6 nitrogen and oxygen atoms in total. The van der Waals surface area contributed by atoms with Gasteiger partial charge in [-0.3, -0.25) is 9.89 Å². The van der Waals surface area contributed by atoms with Crippen molar-refractivity contribution in [1.82, 2.24) is 20.5 Å². The Hall–Kier alpha value is -1.89. The van der Waals surface area contributed by atoms with Crippen LogP contribution in [0.4, 0.5) is 5.69 Å². The van der Waals surface area contributed by atoms with Gasteiger partial charge in [0.1, 0.15) is 0 Å². The van der Waals surface area contributed by atoms with Gasteiger partial charge in [0.05, 0.1) is 22.9 Å². The van der Waals surface area contributed by atoms with Crippen molar-refractivity contribution >= 4 is 22.9 Å². The normalized spacial score (nSPS) is 10.9. The van der Waals surface area contributed by atoms with Crippen molar-refractivity contribution in [3.63, 3.8) is 0 Å². The molecule has 0 spiro atoms. The number of amides is 1. The summed E-state index contributed by atoms with van der Waals surface area (Å²) in [6, 6.07) is 0. The van der Waals surface area contributed by atoms with E-state index in [2.05, 4.69) is 20.5 Å². The van der Waals surface area contributed by atoms with Gasteiger partial charge in [-0.05, 0) is 12.8 Å². The lowest BCUT2D eigenvalue weighted by Crippen LogP contribution is -2.23. The number of anilines is 1. The zero-order valence-electron chi connectivity index (χ0n) is 11.2. The smallest absolute Gasteiger partial charge is 0.274 e. The standard InChI is InChI=1S/C12H17N5OS/c1-6(2)10-9(13)11(17-16-10)12(18)15-5-8-4-14-7(3)19-8/h4,6H,5,13H2,1-3H3,(H,15,18)(H,16,17). The molecule has 0 aliphatic heterocycles. The predicted octanol–water partition coefficient (Wildman–Crippen LogP) is 1.81. The Balaban J connectivity index is 2.04. The van der Waals surface area contributed by atoms with Crippen LogP contribution >= 0.6 is 11.3 Å². The van der Waals surface area contributed by atoms with Gasteiger partial charge in [0.2, 0.25) is 0 Å². The van der Waals surface area contributed by atoms with Crippen LogP contribution in [0, 0.1) is 6.92 Å². The third kappa shape index (κ3) is 2.93. The number of H-pyrrole nitrogens is 1. The van der Waals surface area contributed by atoms with E-state index in [4.69, 9.17) is 5.73 Å². The number of thiazole rings is 1. The van der Waals surface area contributed by atoms with Crippen molar-refractivity contribution in [1.29, 1.82) is 0 Å². The highest BCUT2D eigenvalue weighted by molar-refractivity contribution is 7.11. The van der Waals surface area contributed by atoms with E-state index in [0.717, 1.165) is 15.6 Å². The van der Waals surface area contributed by atoms with E-state index in [1.165, 1.54) is 0 Å². The summed E-state index contributed by atoms with van der Waals surface area (Å²) in [5.41, 5.74) is 7.38. The largest absolute Gasteiger partial charge is 0.395 e. The molecule has 0 unspecified atom stereocenters. The van der Waals surface area contributed by atoms with Crippen molar-refractivity contribution in [3.05, 3.63) is 27.5 Å². The van der Waals surface area contributed by atoms with E-state index in [1.54, 1.807) is 17.5 Å². The zero-order valence-corrected chi connectivity index (χ0v) is 12.0. The molecule has 2 aromatic heterocycles. The van der Waals surface area contributed by atoms with Crippen LogP contribution in [0.5, 0.6) is 0 Å². The average molecular weight is 279 g/mol. The molecule has 1 amide bonds. The fourth-order valence-electron chi connectivity index (χ4n) is 1.72. The highest BCUT2D eigenvalue weighted by Crippen LogP contribution is 2.22. The average Bonchev–Trinajstić information content (AvgIpc) is 2.92. The number of nitrogens with one attached hydrogen (secondary N) is 2. The van der Waals surface area contributed by atoms with Gasteiger partial charge >= 0.3 is 0 Å². The maximum Gasteiger partial charge on any atom is 0.274 e. The summed E-state index contributed by atoms with van der Waals surface area (Å²) >= 11 is 1.55. The monoisotopic (exact) mass is 279 g/mol. The van der Waals surface area contributed by atoms with Crippen molar-refractivity contribution in [3.8, 4) is 0 Å². The maximum absolute atomic E-state index is 12.0. The second-order valence-corrected chi connectivity index (χ2v) is 5.90. The summed E-state index contributed by atoms with van der Waals surface area (Å²) in [4.78, 5) is 17.1. The molecule has 0 atom stereocenters. The van der Waals surface area contributed by atoms with E-state index in [0.29, 0.717) is 12.2 Å². The first kappa shape index (κ1) is 13.5. The molecule has 2 rings (SSSR count). The van der Waals surface area contributed by atoms with Crippen molar-refractivity contribution in [2.45, 2.75) is 33.2 Å². The highest BCUT2D eigenvalue weighted by atomic mass is 32.1. The van der Waals surface area contributed by atoms with E-state index in [1.807, 2.05) is 20.8 Å². The van der Waals surface area contributed by atoms with Crippen LogP contribution in [0.3, 0.4) is 0 Å². The number of hydrogen-bond acceptors (Lipinski definition) is 5. The van der Waals surface area contributed by atoms with Gasteiger partial charge < -0.3 is 11.1 Å². The molecular formula is C12H17N5OS. The number of nitrogens with two attached hydrogens (primary N) is 1. The SMILES string of the molecule is Cc1ncc(CNC(=O)c2n[nH]c(C(C)C)c2N)s1. The van der Waals surface area contributed by atoms with Gasteiger partial charge in [0, 0.05) is 11.1 Å². The van der Waals surface area contributed by atoms with Crippen LogP contribution in [-0.4, -0.2) is 21.1 Å². The number of nitrogen functional groups attached to an aromatic ring is 1. The number of rotatable bonds is 4. The minimum atomic E-state index is -0.272. The third-order valence-corrected chi connectivity index (χ3v) is 3.63. The fraction of sp³-hybridized carbons (Fsp3) is 0.417. The summed E-state index contributed by atoms with van der Waals surface area (Å²) < 4.78 is 0. The van der Waals surface area contributed by atoms with Crippen molar-refractivity contribution in [2.24, 2.45) is 0 Å². The fourth-order valence-corrected chi connectivity index (χ4v) is 2.45. The number of nitrogens with zero attached hydrogens (tertiary/aromatic N) is 2. The Morgan fingerprint density at radius 1 is 1.58 bits per heavy atom. The zero-order chi connectivity index (χ0) is 14.0. The molecule has 0 saturated carbocycles. The molecular weight excluding hydrogens is 262 g/mol. The van der Waals surface area contributed by atoms with Crippen LogP contribution in [0.1, 0.15) is 45.8 Å². The molecule has 0 fully saturated rings. The number of hydrogen-bond donors (Lipinski definition) is 3. The first-order valence-corrected chi connectivity index (χ1v) is 6.84. The van der Waals surface area contributed by atoms with Gasteiger partial charge in [0.15, 0.2) is 5.69 Å². The van der Waals surface area contributed by atoms with E-state index >= 15 is 0 Å². The second-order valence-electron chi connectivity index (χ2n) is 4.58. The highest BCUT2D eigenvalue weighted by Gasteiger charge is 2.18. The molecule has 102 valence electrons. The number of aromatic amines is 1. The molecule has 0 bridgehead atoms. The van der Waals surface area contributed by atoms with Crippen LogP contribution in [-0.2, 0) is 6.54 Å². The number of aryl methyl sites for hydroxylation is 1. The van der Waals surface area contributed by atoms with Gasteiger partial charge in [-0.1, -0.05) is 13.8 Å². The van der Waals surface area contributed by atoms with Gasteiger partial charge in [-0.2, -0.15) is 5.10 Å². The molecule has 2 heterocycles. The summed E-state index contributed by atoms with van der Waals surface area (Å²) in [6.45, 7) is 6.35. The number of carbonyl (C=O) groups excluding carboxylic acids is 1. The topological polar surface area (TPSA) is 96.7 Å². The Labute approximate surface area is 115 Å². The number of aromatic nitrogens is 3. The lowest BCUT2D eigenvalue weighted by atomic mass is 10.1. The maximum atomic E-state index is 12.0. The van der Waals surface area contributed by atoms with Crippen LogP contribution in [0.15, 0.2) is 6.20 Å². The summed E-state index contributed by atoms with van der Waals surface area (Å²) in [5.74, 6) is -0.0649. The Kier molecular flexibility index (Phi) is 3.84. The molecule has 0 aliphatic carbocycles. The predicted molar refractivity (Wildman–Crippen MR) is 75.1 cm³/mol. The molecule has 0 aliphatic rings. The first-order chi connectivity index (χ1) is 8.99. The molecule has 19 heavy (non-hydrogen) atoms. The molecule has 2 aromatic rings. The molecule has 0 aromatic carbocycles. The first-order valence-electron chi connectivity index (χ1n) is 6.02. The molecule has 7 heteroatoms. The van der Waals surface area contributed by atoms with Crippen LogP contribution in [0.2, 0.25) is 0 Å². The van der Waals surface area contributed by atoms with Gasteiger partial charge in [0.25, 0.3) is 5.91 Å². The minimum absolute atomic E-state index is 0.207. The lowest BCUT2D eigenvalue weighted by molar-refractivity contribution is 0.0947. The van der Waals surface area contributed by atoms with E-state index in [9.17, 15) is 4.79 Å². The summed E-state index contributed by atoms with van der Waals surface area (Å²) in [6.07, 6.45) is 1.76. The molecule has 0 saturated heterocycles.